The average Bonchev–Trinajstić information content (AvgIpc) is 3.32. The molecule has 7 nitrogen and oxygen atoms in total. The molecule has 0 amide bonds. The number of aromatic nitrogens is 4. The van der Waals surface area contributed by atoms with Crippen molar-refractivity contribution >= 4 is 11.0 Å². The summed E-state index contributed by atoms with van der Waals surface area (Å²) in [6.45, 7) is 2.82. The molecule has 7 heteroatoms. The molecule has 3 heterocycles. The molecular formula is C29H27N5O2. The Balaban J connectivity index is 1.30. The third-order valence-electron chi connectivity index (χ3n) is 6.68. The molecule has 6 rings (SSSR count). The number of benzene rings is 3. The lowest BCUT2D eigenvalue weighted by atomic mass is 10.0. The van der Waals surface area contributed by atoms with Crippen molar-refractivity contribution < 1.29 is 4.74 Å². The fourth-order valence-corrected chi connectivity index (χ4v) is 4.96. The van der Waals surface area contributed by atoms with Crippen LogP contribution in [0.2, 0.25) is 0 Å². The zero-order chi connectivity index (χ0) is 24.3. The normalized spacial score (nSPS) is 16.3. The molecule has 1 saturated heterocycles. The molecule has 36 heavy (non-hydrogen) atoms. The highest BCUT2D eigenvalue weighted by Crippen LogP contribution is 2.31. The van der Waals surface area contributed by atoms with Gasteiger partial charge in [0.05, 0.1) is 12.4 Å². The third-order valence-corrected chi connectivity index (χ3v) is 6.68. The molecule has 5 aromatic rings. The van der Waals surface area contributed by atoms with Gasteiger partial charge in [-0.1, -0.05) is 48.5 Å². The number of rotatable bonds is 6. The van der Waals surface area contributed by atoms with Crippen molar-refractivity contribution in [3.05, 3.63) is 107 Å². The maximum absolute atomic E-state index is 12.9. The third kappa shape index (κ3) is 4.53. The summed E-state index contributed by atoms with van der Waals surface area (Å²) in [6.07, 6.45) is 3.54. The van der Waals surface area contributed by atoms with Gasteiger partial charge in [-0.15, -0.1) is 0 Å². The number of nitrogens with one attached hydrogen (secondary N) is 1. The Bertz CT molecular complexity index is 1510. The summed E-state index contributed by atoms with van der Waals surface area (Å²) in [6, 6.07) is 28.0. The molecule has 1 aliphatic rings. The molecular weight excluding hydrogens is 450 g/mol. The first-order valence-corrected chi connectivity index (χ1v) is 12.3. The smallest absolute Gasteiger partial charge is 0.262 e. The van der Waals surface area contributed by atoms with Crippen LogP contribution in [0.3, 0.4) is 0 Å². The molecule has 1 aliphatic heterocycles. The fourth-order valence-electron chi connectivity index (χ4n) is 4.96. The molecule has 1 fully saturated rings. The van der Waals surface area contributed by atoms with Crippen LogP contribution < -0.4 is 10.3 Å². The first kappa shape index (κ1) is 22.2. The van der Waals surface area contributed by atoms with Crippen LogP contribution in [0.5, 0.6) is 11.5 Å². The number of aromatic amines is 1. The molecule has 1 atom stereocenters. The van der Waals surface area contributed by atoms with Gasteiger partial charge in [0, 0.05) is 18.7 Å². The number of H-pyrrole nitrogens is 1. The van der Waals surface area contributed by atoms with E-state index in [2.05, 4.69) is 39.1 Å². The second-order valence-electron chi connectivity index (χ2n) is 9.18. The first-order valence-electron chi connectivity index (χ1n) is 12.3. The van der Waals surface area contributed by atoms with Gasteiger partial charge in [0.15, 0.2) is 5.65 Å². The van der Waals surface area contributed by atoms with E-state index < -0.39 is 0 Å². The second kappa shape index (κ2) is 9.79. The minimum atomic E-state index is -0.178. The fraction of sp³-hybridized carbons (Fsp3) is 0.207. The summed E-state index contributed by atoms with van der Waals surface area (Å²) >= 11 is 0. The molecule has 0 unspecified atom stereocenters. The molecule has 0 aliphatic carbocycles. The zero-order valence-electron chi connectivity index (χ0n) is 19.9. The zero-order valence-corrected chi connectivity index (χ0v) is 19.9. The quantitative estimate of drug-likeness (QED) is 0.354. The maximum Gasteiger partial charge on any atom is 0.262 e. The predicted octanol–water partition coefficient (Wildman–Crippen LogP) is 5.42. The van der Waals surface area contributed by atoms with Crippen LogP contribution in [0, 0.1) is 0 Å². The summed E-state index contributed by atoms with van der Waals surface area (Å²) < 4.78 is 7.89. The van der Waals surface area contributed by atoms with Crippen molar-refractivity contribution in [2.45, 2.75) is 25.4 Å². The van der Waals surface area contributed by atoms with Crippen molar-refractivity contribution in [1.82, 2.24) is 24.6 Å². The predicted molar refractivity (Wildman–Crippen MR) is 140 cm³/mol. The lowest BCUT2D eigenvalue weighted by Crippen LogP contribution is -2.36. The van der Waals surface area contributed by atoms with Crippen LogP contribution in [0.25, 0.3) is 22.3 Å². The van der Waals surface area contributed by atoms with E-state index in [0.717, 1.165) is 49.5 Å². The Hall–Kier alpha value is -4.23. The highest BCUT2D eigenvalue weighted by molar-refractivity contribution is 5.90. The van der Waals surface area contributed by atoms with Gasteiger partial charge in [0.2, 0.25) is 0 Å². The number of ether oxygens (including phenoxy) is 1. The molecule has 0 bridgehead atoms. The van der Waals surface area contributed by atoms with Gasteiger partial charge >= 0.3 is 0 Å². The Morgan fingerprint density at radius 2 is 1.64 bits per heavy atom. The van der Waals surface area contributed by atoms with Gasteiger partial charge in [0.25, 0.3) is 5.56 Å². The number of hydrogen-bond donors (Lipinski definition) is 1. The Kier molecular flexibility index (Phi) is 6.05. The standard InChI is InChI=1S/C29H27N5O2/c35-29-26-27(22-13-15-25(16-14-22)36-24-11-5-2-6-12-24)32-34(28(26)30-20-31-29)23-10-7-17-33(19-23)18-21-8-3-1-4-9-21/h1-6,8-9,11-16,20,23H,7,10,17-19H2,(H,30,31,35)/t23-/m1/s1. The van der Waals surface area contributed by atoms with E-state index in [-0.39, 0.29) is 11.6 Å². The highest BCUT2D eigenvalue weighted by atomic mass is 16.5. The Morgan fingerprint density at radius 1 is 0.917 bits per heavy atom. The van der Waals surface area contributed by atoms with E-state index in [0.29, 0.717) is 16.7 Å². The van der Waals surface area contributed by atoms with Crippen molar-refractivity contribution in [1.29, 1.82) is 0 Å². The summed E-state index contributed by atoms with van der Waals surface area (Å²) in [5.74, 6) is 1.50. The number of likely N-dealkylation sites (tertiary alicyclic amines) is 1. The van der Waals surface area contributed by atoms with Gasteiger partial charge in [-0.05, 0) is 61.3 Å². The largest absolute Gasteiger partial charge is 0.457 e. The highest BCUT2D eigenvalue weighted by Gasteiger charge is 2.26. The minimum Gasteiger partial charge on any atom is -0.457 e. The molecule has 2 aromatic heterocycles. The number of nitrogens with zero attached hydrogens (tertiary/aromatic N) is 4. The summed E-state index contributed by atoms with van der Waals surface area (Å²) in [5.41, 5.74) is 3.25. The topological polar surface area (TPSA) is 76.0 Å². The SMILES string of the molecule is O=c1[nH]cnc2c1c(-c1ccc(Oc3ccccc3)cc1)nn2[C@@H]1CCCN(Cc2ccccc2)C1. The number of hydrogen-bond acceptors (Lipinski definition) is 5. The van der Waals surface area contributed by atoms with Crippen LogP contribution in [0.15, 0.2) is 96.1 Å². The molecule has 0 saturated carbocycles. The molecule has 3 aromatic carbocycles. The van der Waals surface area contributed by atoms with Crippen LogP contribution in [0.1, 0.15) is 24.4 Å². The Morgan fingerprint density at radius 3 is 2.42 bits per heavy atom. The van der Waals surface area contributed by atoms with E-state index in [1.807, 2.05) is 65.3 Å². The number of fused-ring (bicyclic) bond motifs is 1. The van der Waals surface area contributed by atoms with Gasteiger partial charge in [0.1, 0.15) is 22.6 Å². The summed E-state index contributed by atoms with van der Waals surface area (Å²) in [4.78, 5) is 22.6. The molecule has 0 radical (unpaired) electrons. The lowest BCUT2D eigenvalue weighted by molar-refractivity contribution is 0.165. The summed E-state index contributed by atoms with van der Waals surface area (Å²) in [7, 11) is 0. The van der Waals surface area contributed by atoms with E-state index in [1.54, 1.807) is 0 Å². The molecule has 1 N–H and O–H groups in total. The minimum absolute atomic E-state index is 0.147. The van der Waals surface area contributed by atoms with Crippen molar-refractivity contribution in [2.24, 2.45) is 0 Å². The van der Waals surface area contributed by atoms with Gasteiger partial charge in [-0.3, -0.25) is 9.69 Å². The molecule has 0 spiro atoms. The lowest BCUT2D eigenvalue weighted by Gasteiger charge is -2.33. The monoisotopic (exact) mass is 477 g/mol. The van der Waals surface area contributed by atoms with Crippen molar-refractivity contribution in [3.63, 3.8) is 0 Å². The Labute approximate surface area is 209 Å². The van der Waals surface area contributed by atoms with E-state index in [9.17, 15) is 4.79 Å². The van der Waals surface area contributed by atoms with Gasteiger partial charge < -0.3 is 9.72 Å². The van der Waals surface area contributed by atoms with Gasteiger partial charge in [-0.2, -0.15) is 5.10 Å². The molecule has 180 valence electrons. The van der Waals surface area contributed by atoms with E-state index in [1.165, 1.54) is 11.9 Å². The van der Waals surface area contributed by atoms with Crippen LogP contribution >= 0.6 is 0 Å². The van der Waals surface area contributed by atoms with Crippen molar-refractivity contribution in [2.75, 3.05) is 13.1 Å². The van der Waals surface area contributed by atoms with Crippen LogP contribution in [-0.4, -0.2) is 37.7 Å². The number of piperidine rings is 1. The maximum atomic E-state index is 12.9. The van der Waals surface area contributed by atoms with Crippen LogP contribution in [0.4, 0.5) is 0 Å². The van der Waals surface area contributed by atoms with E-state index in [4.69, 9.17) is 9.84 Å². The van der Waals surface area contributed by atoms with Crippen molar-refractivity contribution in [3.8, 4) is 22.8 Å². The number of para-hydroxylation sites is 1. The first-order chi connectivity index (χ1) is 17.7. The van der Waals surface area contributed by atoms with Crippen LogP contribution in [-0.2, 0) is 6.54 Å². The van der Waals surface area contributed by atoms with E-state index >= 15 is 0 Å². The second-order valence-corrected chi connectivity index (χ2v) is 9.18. The summed E-state index contributed by atoms with van der Waals surface area (Å²) in [5, 5.41) is 5.49. The average molecular weight is 478 g/mol. The van der Waals surface area contributed by atoms with Gasteiger partial charge in [-0.25, -0.2) is 9.67 Å².